The van der Waals surface area contributed by atoms with Gasteiger partial charge in [0.25, 0.3) is 0 Å². The summed E-state index contributed by atoms with van der Waals surface area (Å²) in [4.78, 5) is 1.39. The Bertz CT molecular complexity index is 1180. The van der Waals surface area contributed by atoms with Crippen molar-refractivity contribution in [2.24, 2.45) is 5.92 Å². The Kier molecular flexibility index (Phi) is 6.93. The minimum absolute atomic E-state index is 0.00665. The lowest BCUT2D eigenvalue weighted by molar-refractivity contribution is 0.292. The third-order valence-corrected chi connectivity index (χ3v) is 5.90. The fourth-order valence-electron chi connectivity index (χ4n) is 3.79. The van der Waals surface area contributed by atoms with Gasteiger partial charge >= 0.3 is 0 Å². The van der Waals surface area contributed by atoms with E-state index in [1.165, 1.54) is 19.1 Å². The summed E-state index contributed by atoms with van der Waals surface area (Å²) in [5.41, 5.74) is -0.331. The molecule has 1 atom stereocenters. The van der Waals surface area contributed by atoms with Crippen LogP contribution in [0.15, 0.2) is 36.3 Å². The van der Waals surface area contributed by atoms with Gasteiger partial charge in [0, 0.05) is 10.7 Å². The van der Waals surface area contributed by atoms with Crippen LogP contribution in [-0.4, -0.2) is 53.4 Å². The van der Waals surface area contributed by atoms with Crippen LogP contribution in [0, 0.1) is 17.2 Å². The first-order chi connectivity index (χ1) is 18.3. The number of ether oxygens (including phenoxy) is 4. The number of benzene rings is 2. The third kappa shape index (κ3) is 6.33. The van der Waals surface area contributed by atoms with Gasteiger partial charge in [-0.15, -0.1) is 0 Å². The second-order valence-corrected chi connectivity index (χ2v) is 8.08. The smallest absolute Gasteiger partial charge is 0.161 e. The van der Waals surface area contributed by atoms with Crippen molar-refractivity contribution in [3.8, 4) is 29.1 Å². The molecule has 0 N–H and O–H groups in total. The molecule has 33 heavy (non-hydrogen) atoms. The molecule has 0 aromatic heterocycles. The largest absolute Gasteiger partial charge is 0.493 e. The van der Waals surface area contributed by atoms with Crippen LogP contribution in [0.1, 0.15) is 46.0 Å². The molecule has 0 radical (unpaired) electrons. The van der Waals surface area contributed by atoms with Gasteiger partial charge in [0.1, 0.15) is 0 Å². The summed E-state index contributed by atoms with van der Waals surface area (Å²) in [6, 6.07) is 7.06. The molecule has 180 valence electrons. The highest BCUT2D eigenvalue weighted by atomic mass is 16.5. The van der Waals surface area contributed by atoms with Gasteiger partial charge in [0.05, 0.1) is 44.0 Å². The highest BCUT2D eigenvalue weighted by molar-refractivity contribution is 5.47. The quantitative estimate of drug-likeness (QED) is 0.415. The van der Waals surface area contributed by atoms with Crippen molar-refractivity contribution in [3.63, 3.8) is 0 Å². The minimum atomic E-state index is -2.36. The van der Waals surface area contributed by atoms with E-state index >= 15 is 0 Å². The zero-order chi connectivity index (χ0) is 29.5. The summed E-state index contributed by atoms with van der Waals surface area (Å²) in [6.07, 6.45) is 0.964. The van der Waals surface area contributed by atoms with Crippen molar-refractivity contribution >= 4 is 0 Å². The molecule has 0 amide bonds. The average Bonchev–Trinajstić information content (AvgIpc) is 2.90. The molecular formula is C27H38N2O4. The standard InChI is InChI=1S/C27H38N2O4/c1-20(2)27(19-28,22-10-12-24(31-5)26(18-22)33-7)14-8-15-29(3)16-13-21-9-11-23(30-4)25(17-21)32-6/h9-12,17-18,20H,8,13-16H2,1-7H3/i3D3,10D,12D,18D. The van der Waals surface area contributed by atoms with Crippen molar-refractivity contribution in [1.29, 1.82) is 5.26 Å². The molecule has 0 bridgehead atoms. The summed E-state index contributed by atoms with van der Waals surface area (Å²) in [5.74, 6) is 0.779. The van der Waals surface area contributed by atoms with E-state index in [4.69, 9.17) is 27.2 Å². The van der Waals surface area contributed by atoms with Crippen LogP contribution in [-0.2, 0) is 11.8 Å². The third-order valence-electron chi connectivity index (χ3n) is 5.90. The Morgan fingerprint density at radius 2 is 1.70 bits per heavy atom. The average molecular weight is 461 g/mol. The van der Waals surface area contributed by atoms with Crippen LogP contribution < -0.4 is 18.9 Å². The molecule has 0 heterocycles. The fourth-order valence-corrected chi connectivity index (χ4v) is 3.79. The van der Waals surface area contributed by atoms with Gasteiger partial charge in [-0.3, -0.25) is 0 Å². The van der Waals surface area contributed by atoms with E-state index in [1.807, 2.05) is 26.0 Å². The van der Waals surface area contributed by atoms with Crippen molar-refractivity contribution < 1.29 is 27.2 Å². The molecule has 6 nitrogen and oxygen atoms in total. The van der Waals surface area contributed by atoms with Crippen LogP contribution in [0.4, 0.5) is 0 Å². The van der Waals surface area contributed by atoms with Crippen LogP contribution in [0.5, 0.6) is 23.0 Å². The maximum atomic E-state index is 10.4. The molecule has 0 aliphatic carbocycles. The van der Waals surface area contributed by atoms with Gasteiger partial charge < -0.3 is 23.8 Å². The van der Waals surface area contributed by atoms with Crippen LogP contribution in [0.2, 0.25) is 0 Å². The maximum Gasteiger partial charge on any atom is 0.161 e. The molecule has 1 unspecified atom stereocenters. The van der Waals surface area contributed by atoms with Crippen LogP contribution in [0.3, 0.4) is 0 Å². The Balaban J connectivity index is 2.34. The van der Waals surface area contributed by atoms with Crippen molar-refractivity contribution in [2.75, 3.05) is 48.5 Å². The molecule has 2 aromatic carbocycles. The topological polar surface area (TPSA) is 64.0 Å². The highest BCUT2D eigenvalue weighted by Gasteiger charge is 2.36. The summed E-state index contributed by atoms with van der Waals surface area (Å²) in [6.45, 7) is 1.69. The number of methoxy groups -OCH3 is 4. The van der Waals surface area contributed by atoms with Gasteiger partial charge in [0.15, 0.2) is 23.0 Å². The molecule has 2 aromatic rings. The predicted molar refractivity (Wildman–Crippen MR) is 132 cm³/mol. The lowest BCUT2D eigenvalue weighted by Crippen LogP contribution is -2.32. The zero-order valence-corrected chi connectivity index (χ0v) is 20.4. The van der Waals surface area contributed by atoms with Gasteiger partial charge in [-0.25, -0.2) is 0 Å². The molecule has 0 spiro atoms. The number of nitriles is 1. The molecule has 6 heteroatoms. The lowest BCUT2D eigenvalue weighted by Gasteiger charge is -2.32. The number of hydrogen-bond acceptors (Lipinski definition) is 6. The van der Waals surface area contributed by atoms with Gasteiger partial charge in [-0.05, 0) is 74.0 Å². The molecule has 0 aliphatic heterocycles. The van der Waals surface area contributed by atoms with Crippen LogP contribution >= 0.6 is 0 Å². The van der Waals surface area contributed by atoms with E-state index in [0.29, 0.717) is 24.3 Å². The van der Waals surface area contributed by atoms with Gasteiger partial charge in [-0.2, -0.15) is 5.26 Å². The predicted octanol–water partition coefficient (Wildman–Crippen LogP) is 5.09. The summed E-state index contributed by atoms with van der Waals surface area (Å²) in [5, 5.41) is 10.4. The van der Waals surface area contributed by atoms with Crippen molar-refractivity contribution in [1.82, 2.24) is 4.90 Å². The van der Waals surface area contributed by atoms with Gasteiger partial charge in [-0.1, -0.05) is 26.0 Å². The SMILES string of the molecule is [2H]c1c([2H])c(C(C#N)(CCCN(CCc2ccc(OC)c(OC)c2)C([2H])([2H])[2H])C(C)C)c([2H])c(OC)c1OC. The summed E-state index contributed by atoms with van der Waals surface area (Å²) < 4.78 is 71.1. The summed E-state index contributed by atoms with van der Waals surface area (Å²) >= 11 is 0. The number of hydrogen-bond donors (Lipinski definition) is 0. The molecule has 0 aliphatic rings. The summed E-state index contributed by atoms with van der Waals surface area (Å²) in [7, 11) is 5.77. The first-order valence-electron chi connectivity index (χ1n) is 13.9. The minimum Gasteiger partial charge on any atom is -0.493 e. The van der Waals surface area contributed by atoms with E-state index in [9.17, 15) is 5.26 Å². The van der Waals surface area contributed by atoms with E-state index in [2.05, 4.69) is 6.07 Å². The molecular weight excluding hydrogens is 416 g/mol. The number of likely N-dealkylation sites (N-methyl/N-ethyl adjacent to an activating group) is 1. The Labute approximate surface area is 207 Å². The normalized spacial score (nSPS) is 15.8. The van der Waals surface area contributed by atoms with E-state index in [0.717, 1.165) is 5.56 Å². The van der Waals surface area contributed by atoms with E-state index in [1.54, 1.807) is 20.3 Å². The monoisotopic (exact) mass is 460 g/mol. The van der Waals surface area contributed by atoms with E-state index in [-0.39, 0.29) is 60.6 Å². The van der Waals surface area contributed by atoms with Crippen molar-refractivity contribution in [2.45, 2.75) is 38.5 Å². The molecule has 0 fully saturated rings. The van der Waals surface area contributed by atoms with E-state index < -0.39 is 12.4 Å². The number of nitrogens with zero attached hydrogens (tertiary/aromatic N) is 2. The van der Waals surface area contributed by atoms with Crippen LogP contribution in [0.25, 0.3) is 0 Å². The maximum absolute atomic E-state index is 10.4. The molecule has 0 saturated carbocycles. The van der Waals surface area contributed by atoms with Crippen molar-refractivity contribution in [3.05, 3.63) is 47.5 Å². The second-order valence-electron chi connectivity index (χ2n) is 8.08. The van der Waals surface area contributed by atoms with Gasteiger partial charge in [0.2, 0.25) is 0 Å². The molecule has 2 rings (SSSR count). The molecule has 0 saturated heterocycles. The first kappa shape index (κ1) is 18.5. The lowest BCUT2D eigenvalue weighted by atomic mass is 9.69. The Morgan fingerprint density at radius 1 is 1.00 bits per heavy atom. The fraction of sp³-hybridized carbons (Fsp3) is 0.519. The Morgan fingerprint density at radius 3 is 2.27 bits per heavy atom. The first-order valence-corrected chi connectivity index (χ1v) is 10.9. The Hall–Kier alpha value is -2.91. The number of rotatable bonds is 13. The zero-order valence-electron chi connectivity index (χ0n) is 26.4. The highest BCUT2D eigenvalue weighted by Crippen LogP contribution is 2.40. The second kappa shape index (κ2) is 12.4.